The molecule has 2 aromatic carbocycles. The Bertz CT molecular complexity index is 988. The molecule has 0 aliphatic heterocycles. The Hall–Kier alpha value is -2.54. The van der Waals surface area contributed by atoms with Crippen LogP contribution < -0.4 is 10.9 Å². The summed E-state index contributed by atoms with van der Waals surface area (Å²) in [4.78, 5) is 16.7. The highest BCUT2D eigenvalue weighted by molar-refractivity contribution is 9.10. The second-order valence-electron chi connectivity index (χ2n) is 5.53. The van der Waals surface area contributed by atoms with Crippen molar-refractivity contribution in [1.82, 2.24) is 9.55 Å². The number of nitrogens with one attached hydrogen (secondary N) is 1. The van der Waals surface area contributed by atoms with Crippen molar-refractivity contribution in [2.75, 3.05) is 5.32 Å². The van der Waals surface area contributed by atoms with E-state index < -0.39 is 11.6 Å². The zero-order chi connectivity index (χ0) is 18.0. The number of hydrogen-bond acceptors (Lipinski definition) is 3. The summed E-state index contributed by atoms with van der Waals surface area (Å²) in [5, 5.41) is 2.89. The SMILES string of the molecule is Cc1cc(=O)n(Cc2cccc(Br)c2)c(Nc2ccc(F)c(F)c2)n1. The summed E-state index contributed by atoms with van der Waals surface area (Å²) < 4.78 is 28.9. The van der Waals surface area contributed by atoms with E-state index >= 15 is 0 Å². The van der Waals surface area contributed by atoms with Gasteiger partial charge >= 0.3 is 0 Å². The number of rotatable bonds is 4. The second kappa shape index (κ2) is 7.14. The molecular weight excluding hydrogens is 392 g/mol. The largest absolute Gasteiger partial charge is 0.325 e. The highest BCUT2D eigenvalue weighted by atomic mass is 79.9. The highest BCUT2D eigenvalue weighted by Gasteiger charge is 2.10. The molecule has 3 rings (SSSR count). The second-order valence-corrected chi connectivity index (χ2v) is 6.44. The van der Waals surface area contributed by atoms with Crippen molar-refractivity contribution in [3.63, 3.8) is 0 Å². The van der Waals surface area contributed by atoms with Crippen molar-refractivity contribution in [1.29, 1.82) is 0 Å². The summed E-state index contributed by atoms with van der Waals surface area (Å²) in [6, 6.07) is 12.4. The molecule has 0 aliphatic rings. The molecule has 1 N–H and O–H groups in total. The summed E-state index contributed by atoms with van der Waals surface area (Å²) in [6.45, 7) is 1.98. The van der Waals surface area contributed by atoms with Gasteiger partial charge in [0.2, 0.25) is 5.95 Å². The van der Waals surface area contributed by atoms with Crippen molar-refractivity contribution < 1.29 is 8.78 Å². The molecule has 7 heteroatoms. The van der Waals surface area contributed by atoms with Gasteiger partial charge < -0.3 is 5.32 Å². The van der Waals surface area contributed by atoms with Crippen LogP contribution in [0.25, 0.3) is 0 Å². The van der Waals surface area contributed by atoms with Gasteiger partial charge in [-0.25, -0.2) is 13.8 Å². The number of hydrogen-bond donors (Lipinski definition) is 1. The smallest absolute Gasteiger partial charge is 0.255 e. The molecule has 4 nitrogen and oxygen atoms in total. The lowest BCUT2D eigenvalue weighted by molar-refractivity contribution is 0.509. The topological polar surface area (TPSA) is 46.9 Å². The average molecular weight is 406 g/mol. The number of anilines is 2. The van der Waals surface area contributed by atoms with Gasteiger partial charge in [-0.05, 0) is 36.8 Å². The average Bonchev–Trinajstić information content (AvgIpc) is 2.54. The summed E-state index contributed by atoms with van der Waals surface area (Å²) in [6.07, 6.45) is 0. The summed E-state index contributed by atoms with van der Waals surface area (Å²) >= 11 is 3.40. The predicted octanol–water partition coefficient (Wildman–Crippen LogP) is 4.38. The third kappa shape index (κ3) is 4.11. The van der Waals surface area contributed by atoms with Crippen molar-refractivity contribution >= 4 is 27.6 Å². The van der Waals surface area contributed by atoms with Gasteiger partial charge in [-0.2, -0.15) is 0 Å². The fourth-order valence-electron chi connectivity index (χ4n) is 2.39. The minimum absolute atomic E-state index is 0.238. The molecule has 0 spiro atoms. The summed E-state index contributed by atoms with van der Waals surface area (Å²) in [7, 11) is 0. The van der Waals surface area contributed by atoms with E-state index in [1.807, 2.05) is 24.3 Å². The van der Waals surface area contributed by atoms with E-state index in [-0.39, 0.29) is 18.1 Å². The lowest BCUT2D eigenvalue weighted by Crippen LogP contribution is -2.24. The Morgan fingerprint density at radius 3 is 2.64 bits per heavy atom. The molecule has 0 bridgehead atoms. The van der Waals surface area contributed by atoms with E-state index in [9.17, 15) is 13.6 Å². The van der Waals surface area contributed by atoms with Crippen molar-refractivity contribution in [2.45, 2.75) is 13.5 Å². The van der Waals surface area contributed by atoms with Crippen LogP contribution in [-0.2, 0) is 6.54 Å². The van der Waals surface area contributed by atoms with Gasteiger partial charge in [0.15, 0.2) is 11.6 Å². The van der Waals surface area contributed by atoms with E-state index in [4.69, 9.17) is 0 Å². The molecule has 25 heavy (non-hydrogen) atoms. The monoisotopic (exact) mass is 405 g/mol. The fourth-order valence-corrected chi connectivity index (χ4v) is 2.84. The zero-order valence-electron chi connectivity index (χ0n) is 13.3. The van der Waals surface area contributed by atoms with Crippen molar-refractivity contribution in [2.24, 2.45) is 0 Å². The van der Waals surface area contributed by atoms with E-state index in [1.54, 1.807) is 6.92 Å². The normalized spacial score (nSPS) is 10.7. The van der Waals surface area contributed by atoms with Crippen LogP contribution in [0.1, 0.15) is 11.3 Å². The van der Waals surface area contributed by atoms with Crippen LogP contribution in [0.15, 0.2) is 57.8 Å². The first-order valence-corrected chi connectivity index (χ1v) is 8.27. The number of nitrogens with zero attached hydrogens (tertiary/aromatic N) is 2. The highest BCUT2D eigenvalue weighted by Crippen LogP contribution is 2.19. The van der Waals surface area contributed by atoms with Gasteiger partial charge in [0.1, 0.15) is 0 Å². The van der Waals surface area contributed by atoms with Gasteiger partial charge in [0, 0.05) is 28.0 Å². The van der Waals surface area contributed by atoms with E-state index in [0.717, 1.165) is 22.2 Å². The Kier molecular flexibility index (Phi) is 4.94. The third-order valence-corrected chi connectivity index (χ3v) is 4.04. The molecular formula is C18H14BrF2N3O. The molecule has 0 amide bonds. The Morgan fingerprint density at radius 1 is 1.12 bits per heavy atom. The molecule has 1 heterocycles. The number of aryl methyl sites for hydroxylation is 1. The van der Waals surface area contributed by atoms with Gasteiger partial charge in [-0.1, -0.05) is 28.1 Å². The molecule has 3 aromatic rings. The van der Waals surface area contributed by atoms with Gasteiger partial charge in [-0.3, -0.25) is 9.36 Å². The first kappa shape index (κ1) is 17.3. The fraction of sp³-hybridized carbons (Fsp3) is 0.111. The summed E-state index contributed by atoms with van der Waals surface area (Å²) in [5.41, 5.74) is 1.49. The third-order valence-electron chi connectivity index (χ3n) is 3.54. The first-order chi connectivity index (χ1) is 11.9. The molecule has 0 saturated carbocycles. The Labute approximate surface area is 151 Å². The van der Waals surface area contributed by atoms with Crippen LogP contribution in [0.4, 0.5) is 20.4 Å². The minimum atomic E-state index is -0.974. The van der Waals surface area contributed by atoms with E-state index in [1.165, 1.54) is 16.7 Å². The minimum Gasteiger partial charge on any atom is -0.325 e. The molecule has 0 unspecified atom stereocenters. The number of benzene rings is 2. The van der Waals surface area contributed by atoms with Crippen LogP contribution in [0.3, 0.4) is 0 Å². The lowest BCUT2D eigenvalue weighted by atomic mass is 10.2. The zero-order valence-corrected chi connectivity index (χ0v) is 14.8. The number of halogens is 3. The Morgan fingerprint density at radius 2 is 1.92 bits per heavy atom. The van der Waals surface area contributed by atoms with Crippen LogP contribution in [0.5, 0.6) is 0 Å². The predicted molar refractivity (Wildman–Crippen MR) is 96.1 cm³/mol. The van der Waals surface area contributed by atoms with Gasteiger partial charge in [0.05, 0.1) is 6.54 Å². The maximum Gasteiger partial charge on any atom is 0.255 e. The van der Waals surface area contributed by atoms with Crippen molar-refractivity contribution in [3.05, 3.63) is 86.2 Å². The lowest BCUT2D eigenvalue weighted by Gasteiger charge is -2.14. The van der Waals surface area contributed by atoms with Crippen LogP contribution in [-0.4, -0.2) is 9.55 Å². The van der Waals surface area contributed by atoms with E-state index in [2.05, 4.69) is 26.2 Å². The quantitative estimate of drug-likeness (QED) is 0.700. The van der Waals surface area contributed by atoms with E-state index in [0.29, 0.717) is 11.4 Å². The maximum atomic E-state index is 13.4. The first-order valence-electron chi connectivity index (χ1n) is 7.47. The molecule has 0 saturated heterocycles. The standard InChI is InChI=1S/C18H14BrF2N3O/c1-11-7-17(25)24(10-12-3-2-4-13(19)8-12)18(22-11)23-14-5-6-15(20)16(21)9-14/h2-9H,10H2,1H3,(H,22,23). The van der Waals surface area contributed by atoms with Gasteiger partial charge in [0.25, 0.3) is 5.56 Å². The van der Waals surface area contributed by atoms with Crippen LogP contribution in [0.2, 0.25) is 0 Å². The van der Waals surface area contributed by atoms with Crippen molar-refractivity contribution in [3.8, 4) is 0 Å². The molecule has 1 aromatic heterocycles. The molecule has 0 fully saturated rings. The van der Waals surface area contributed by atoms with Crippen LogP contribution >= 0.6 is 15.9 Å². The molecule has 0 aliphatic carbocycles. The molecule has 128 valence electrons. The molecule has 0 radical (unpaired) electrons. The van der Waals surface area contributed by atoms with Crippen LogP contribution in [0, 0.1) is 18.6 Å². The summed E-state index contributed by atoms with van der Waals surface area (Å²) in [5.74, 6) is -1.65. The maximum absolute atomic E-state index is 13.4. The Balaban J connectivity index is 2.00. The number of aromatic nitrogens is 2. The molecule has 0 atom stereocenters. The van der Waals surface area contributed by atoms with Gasteiger partial charge in [-0.15, -0.1) is 0 Å².